The number of benzene rings is 1. The molecule has 2 N–H and O–H groups in total. The number of aromatic nitrogens is 1. The normalized spacial score (nSPS) is 10.6. The summed E-state index contributed by atoms with van der Waals surface area (Å²) in [5, 5.41) is 11.4. The Labute approximate surface area is 132 Å². The maximum Gasteiger partial charge on any atom is 0.168 e. The van der Waals surface area contributed by atoms with Crippen LogP contribution in [0.1, 0.15) is 29.9 Å². The van der Waals surface area contributed by atoms with E-state index in [0.717, 1.165) is 0 Å². The summed E-state index contributed by atoms with van der Waals surface area (Å²) in [6, 6.07) is 7.13. The van der Waals surface area contributed by atoms with Crippen molar-refractivity contribution in [3.05, 3.63) is 52.4 Å². The Balaban J connectivity index is 2.51. The van der Waals surface area contributed by atoms with Crippen molar-refractivity contribution in [3.8, 4) is 0 Å². The number of aldehydes is 1. The third-order valence-electron chi connectivity index (χ3n) is 3.07. The molecule has 0 unspecified atom stereocenters. The maximum atomic E-state index is 13.0. The van der Waals surface area contributed by atoms with Gasteiger partial charge in [0.15, 0.2) is 6.29 Å². The third-order valence-corrected chi connectivity index (χ3v) is 3.36. The van der Waals surface area contributed by atoms with E-state index in [0.29, 0.717) is 29.1 Å². The summed E-state index contributed by atoms with van der Waals surface area (Å²) in [5.41, 5.74) is 1.49. The summed E-state index contributed by atoms with van der Waals surface area (Å²) in [5.74, 6) is -0.108. The largest absolute Gasteiger partial charge is 0.340 e. The van der Waals surface area contributed by atoms with Crippen LogP contribution in [-0.4, -0.2) is 17.0 Å². The quantitative estimate of drug-likeness (QED) is 0.632. The molecule has 2 rings (SSSR count). The van der Waals surface area contributed by atoms with E-state index in [9.17, 15) is 9.18 Å². The molecule has 22 heavy (non-hydrogen) atoms. The second kappa shape index (κ2) is 6.66. The lowest BCUT2D eigenvalue weighted by atomic mass is 10.00. The average molecular weight is 320 g/mol. The van der Waals surface area contributed by atoms with Crippen molar-refractivity contribution in [3.63, 3.8) is 0 Å². The minimum absolute atomic E-state index is 0.0600. The molecule has 0 amide bonds. The molecule has 0 saturated heterocycles. The van der Waals surface area contributed by atoms with Crippen molar-refractivity contribution in [1.82, 2.24) is 4.98 Å². The van der Waals surface area contributed by atoms with Crippen LogP contribution in [0.4, 0.5) is 15.9 Å². The van der Waals surface area contributed by atoms with Gasteiger partial charge >= 0.3 is 0 Å². The SMILES string of the molecule is CC(C)C(=N)c1c(Cl)cc(C=O)nc1Nc1ccc(F)cc1. The fraction of sp³-hybridized carbons (Fsp3) is 0.188. The van der Waals surface area contributed by atoms with Crippen LogP contribution >= 0.6 is 11.6 Å². The molecule has 0 aliphatic heterocycles. The maximum absolute atomic E-state index is 13.0. The summed E-state index contributed by atoms with van der Waals surface area (Å²) in [4.78, 5) is 15.1. The van der Waals surface area contributed by atoms with Crippen LogP contribution in [0.15, 0.2) is 30.3 Å². The van der Waals surface area contributed by atoms with Gasteiger partial charge in [0, 0.05) is 11.4 Å². The highest BCUT2D eigenvalue weighted by Crippen LogP contribution is 2.28. The first kappa shape index (κ1) is 16.1. The number of hydrogen-bond acceptors (Lipinski definition) is 4. The predicted molar refractivity (Wildman–Crippen MR) is 86.0 cm³/mol. The highest BCUT2D eigenvalue weighted by Gasteiger charge is 2.18. The van der Waals surface area contributed by atoms with Crippen molar-refractivity contribution < 1.29 is 9.18 Å². The third kappa shape index (κ3) is 3.49. The van der Waals surface area contributed by atoms with Crippen molar-refractivity contribution in [1.29, 1.82) is 5.41 Å². The van der Waals surface area contributed by atoms with Gasteiger partial charge in [-0.25, -0.2) is 9.37 Å². The Hall–Kier alpha value is -2.27. The molecule has 1 aromatic carbocycles. The van der Waals surface area contributed by atoms with Crippen LogP contribution in [0.5, 0.6) is 0 Å². The zero-order chi connectivity index (χ0) is 16.3. The molecule has 0 spiro atoms. The van der Waals surface area contributed by atoms with Crippen LogP contribution in [0.25, 0.3) is 0 Å². The first-order chi connectivity index (χ1) is 10.4. The van der Waals surface area contributed by atoms with Crippen LogP contribution < -0.4 is 5.32 Å². The summed E-state index contributed by atoms with van der Waals surface area (Å²) in [6.07, 6.45) is 0.588. The van der Waals surface area contributed by atoms with Crippen LogP contribution in [-0.2, 0) is 0 Å². The molecule has 2 aromatic rings. The van der Waals surface area contributed by atoms with Gasteiger partial charge in [-0.2, -0.15) is 0 Å². The molecule has 1 heterocycles. The fourth-order valence-corrected chi connectivity index (χ4v) is 2.20. The Kier molecular flexibility index (Phi) is 4.88. The van der Waals surface area contributed by atoms with Gasteiger partial charge in [0.2, 0.25) is 0 Å². The molecule has 4 nitrogen and oxygen atoms in total. The highest BCUT2D eigenvalue weighted by molar-refractivity contribution is 6.35. The zero-order valence-corrected chi connectivity index (χ0v) is 12.9. The molecule has 0 atom stereocenters. The Morgan fingerprint density at radius 2 is 2.00 bits per heavy atom. The number of rotatable bonds is 5. The lowest BCUT2D eigenvalue weighted by Gasteiger charge is -2.16. The predicted octanol–water partition coefficient (Wildman–Crippen LogP) is 4.45. The zero-order valence-electron chi connectivity index (χ0n) is 12.2. The van der Waals surface area contributed by atoms with Crippen LogP contribution in [0, 0.1) is 17.1 Å². The summed E-state index contributed by atoms with van der Waals surface area (Å²) < 4.78 is 13.0. The number of pyridine rings is 1. The lowest BCUT2D eigenvalue weighted by Crippen LogP contribution is -2.13. The van der Waals surface area contributed by atoms with Gasteiger partial charge in [0.25, 0.3) is 0 Å². The van der Waals surface area contributed by atoms with E-state index in [1.165, 1.54) is 18.2 Å². The van der Waals surface area contributed by atoms with Gasteiger partial charge in [0.05, 0.1) is 10.6 Å². The van der Waals surface area contributed by atoms with Crippen molar-refractivity contribution >= 4 is 35.1 Å². The van der Waals surface area contributed by atoms with Gasteiger partial charge in [-0.3, -0.25) is 4.79 Å². The standard InChI is InChI=1S/C16H15ClFN3O/c1-9(2)15(19)14-13(17)7-12(8-22)21-16(14)20-11-5-3-10(18)4-6-11/h3-9,19H,1-2H3,(H,20,21). The molecule has 0 bridgehead atoms. The number of carbonyl (C=O) groups is 1. The van der Waals surface area contributed by atoms with Crippen molar-refractivity contribution in [2.45, 2.75) is 13.8 Å². The molecule has 0 radical (unpaired) electrons. The van der Waals surface area contributed by atoms with E-state index in [1.54, 1.807) is 12.1 Å². The van der Waals surface area contributed by atoms with E-state index in [-0.39, 0.29) is 22.5 Å². The molecule has 0 saturated carbocycles. The Bertz CT molecular complexity index is 714. The molecule has 0 aliphatic rings. The Morgan fingerprint density at radius 1 is 1.36 bits per heavy atom. The number of nitrogens with one attached hydrogen (secondary N) is 2. The average Bonchev–Trinajstić information content (AvgIpc) is 2.48. The van der Waals surface area contributed by atoms with E-state index in [1.807, 2.05) is 13.8 Å². The summed E-state index contributed by atoms with van der Waals surface area (Å²) in [7, 11) is 0. The van der Waals surface area contributed by atoms with Crippen molar-refractivity contribution in [2.75, 3.05) is 5.32 Å². The first-order valence-corrected chi connectivity index (χ1v) is 7.07. The Morgan fingerprint density at radius 3 is 2.55 bits per heavy atom. The number of nitrogens with zero attached hydrogens (tertiary/aromatic N) is 1. The van der Waals surface area contributed by atoms with Gasteiger partial charge in [-0.05, 0) is 36.2 Å². The van der Waals surface area contributed by atoms with E-state index < -0.39 is 0 Å². The molecule has 6 heteroatoms. The minimum atomic E-state index is -0.353. The van der Waals surface area contributed by atoms with Crippen LogP contribution in [0.3, 0.4) is 0 Å². The molecule has 0 aliphatic carbocycles. The van der Waals surface area contributed by atoms with Gasteiger partial charge < -0.3 is 10.7 Å². The minimum Gasteiger partial charge on any atom is -0.340 e. The van der Waals surface area contributed by atoms with E-state index >= 15 is 0 Å². The highest BCUT2D eigenvalue weighted by atomic mass is 35.5. The first-order valence-electron chi connectivity index (χ1n) is 6.69. The fourth-order valence-electron chi connectivity index (χ4n) is 1.90. The number of hydrogen-bond donors (Lipinski definition) is 2. The van der Waals surface area contributed by atoms with E-state index in [4.69, 9.17) is 17.0 Å². The molecule has 0 fully saturated rings. The van der Waals surface area contributed by atoms with Crippen molar-refractivity contribution in [2.24, 2.45) is 5.92 Å². The number of anilines is 2. The number of carbonyl (C=O) groups excluding carboxylic acids is 1. The molecular formula is C16H15ClFN3O. The monoisotopic (exact) mass is 319 g/mol. The van der Waals surface area contributed by atoms with E-state index in [2.05, 4.69) is 10.3 Å². The topological polar surface area (TPSA) is 65.8 Å². The molecule has 114 valence electrons. The second-order valence-electron chi connectivity index (χ2n) is 5.07. The van der Waals surface area contributed by atoms with Gasteiger partial charge in [-0.15, -0.1) is 0 Å². The van der Waals surface area contributed by atoms with Crippen LogP contribution in [0.2, 0.25) is 5.02 Å². The number of halogens is 2. The summed E-state index contributed by atoms with van der Waals surface area (Å²) >= 11 is 6.20. The lowest BCUT2D eigenvalue weighted by molar-refractivity contribution is 0.111. The smallest absolute Gasteiger partial charge is 0.168 e. The summed E-state index contributed by atoms with van der Waals surface area (Å²) in [6.45, 7) is 3.74. The molecular weight excluding hydrogens is 305 g/mol. The van der Waals surface area contributed by atoms with Gasteiger partial charge in [-0.1, -0.05) is 25.4 Å². The second-order valence-corrected chi connectivity index (χ2v) is 5.48. The van der Waals surface area contributed by atoms with Gasteiger partial charge in [0.1, 0.15) is 17.3 Å². The molecule has 1 aromatic heterocycles.